The first kappa shape index (κ1) is 18.2. The van der Waals surface area contributed by atoms with Crippen LogP contribution < -0.4 is 24.8 Å². The molecule has 24 heavy (non-hydrogen) atoms. The number of carbonyl (C=O) groups is 1. The Morgan fingerprint density at radius 2 is 1.71 bits per heavy atom. The van der Waals surface area contributed by atoms with E-state index in [2.05, 4.69) is 10.6 Å². The van der Waals surface area contributed by atoms with Crippen LogP contribution in [0.1, 0.15) is 27.7 Å². The smallest absolute Gasteiger partial charge is 0.412 e. The van der Waals surface area contributed by atoms with Crippen LogP contribution >= 0.6 is 0 Å². The van der Waals surface area contributed by atoms with Crippen LogP contribution in [0.4, 0.5) is 10.5 Å². The summed E-state index contributed by atoms with van der Waals surface area (Å²) in [5.74, 6) is 1.52. The predicted octanol–water partition coefficient (Wildman–Crippen LogP) is 2.79. The van der Waals surface area contributed by atoms with Gasteiger partial charge in [-0.3, -0.25) is 5.32 Å². The Morgan fingerprint density at radius 1 is 1.12 bits per heavy atom. The van der Waals surface area contributed by atoms with Crippen LogP contribution in [0.15, 0.2) is 12.1 Å². The van der Waals surface area contributed by atoms with Crippen LogP contribution in [-0.4, -0.2) is 44.6 Å². The van der Waals surface area contributed by atoms with Gasteiger partial charge in [0.05, 0.1) is 19.9 Å². The number of carbonyl (C=O) groups excluding carboxylic acids is 1. The SMILES string of the molecule is COc1cc(NC(=O)OC(C)(C)C)c(OC2(C)CNC2)cc1OC. The van der Waals surface area contributed by atoms with E-state index in [9.17, 15) is 4.79 Å². The quantitative estimate of drug-likeness (QED) is 0.859. The third kappa shape index (κ3) is 4.44. The van der Waals surface area contributed by atoms with E-state index >= 15 is 0 Å². The molecule has 1 saturated heterocycles. The van der Waals surface area contributed by atoms with Crippen molar-refractivity contribution in [3.05, 3.63) is 12.1 Å². The van der Waals surface area contributed by atoms with Crippen molar-refractivity contribution >= 4 is 11.8 Å². The largest absolute Gasteiger partial charge is 0.493 e. The molecule has 0 saturated carbocycles. The normalized spacial score (nSPS) is 15.9. The second-order valence-corrected chi connectivity index (χ2v) is 6.99. The Kier molecular flexibility index (Phi) is 5.13. The number of nitrogens with one attached hydrogen (secondary N) is 2. The minimum atomic E-state index is -0.592. The van der Waals surface area contributed by atoms with Crippen LogP contribution in [0.2, 0.25) is 0 Å². The summed E-state index contributed by atoms with van der Waals surface area (Å²) in [5.41, 5.74) is -0.454. The molecule has 1 amide bonds. The molecule has 7 heteroatoms. The lowest BCUT2D eigenvalue weighted by molar-refractivity contribution is 0.0349. The van der Waals surface area contributed by atoms with Gasteiger partial charge in [0, 0.05) is 25.2 Å². The van der Waals surface area contributed by atoms with Gasteiger partial charge in [-0.2, -0.15) is 0 Å². The molecule has 1 aliphatic heterocycles. The molecule has 1 aromatic carbocycles. The molecule has 134 valence electrons. The molecular weight excluding hydrogens is 312 g/mol. The monoisotopic (exact) mass is 338 g/mol. The molecule has 0 aliphatic carbocycles. The molecule has 0 spiro atoms. The third-order valence-electron chi connectivity index (χ3n) is 3.48. The molecule has 2 rings (SSSR count). The number of hydrogen-bond donors (Lipinski definition) is 2. The highest BCUT2D eigenvalue weighted by Crippen LogP contribution is 2.40. The second kappa shape index (κ2) is 6.76. The van der Waals surface area contributed by atoms with Gasteiger partial charge in [0.25, 0.3) is 0 Å². The highest BCUT2D eigenvalue weighted by molar-refractivity contribution is 5.88. The Bertz CT molecular complexity index is 606. The summed E-state index contributed by atoms with van der Waals surface area (Å²) in [4.78, 5) is 12.1. The number of rotatable bonds is 5. The van der Waals surface area contributed by atoms with Crippen molar-refractivity contribution in [1.82, 2.24) is 5.32 Å². The van der Waals surface area contributed by atoms with Crippen molar-refractivity contribution in [2.24, 2.45) is 0 Å². The molecule has 0 unspecified atom stereocenters. The number of benzene rings is 1. The van der Waals surface area contributed by atoms with Crippen molar-refractivity contribution in [3.8, 4) is 17.2 Å². The molecule has 0 aromatic heterocycles. The average molecular weight is 338 g/mol. The summed E-state index contributed by atoms with van der Waals surface area (Å²) in [6.07, 6.45) is -0.559. The van der Waals surface area contributed by atoms with Gasteiger partial charge in [-0.25, -0.2) is 4.79 Å². The van der Waals surface area contributed by atoms with E-state index in [0.717, 1.165) is 13.1 Å². The lowest BCUT2D eigenvalue weighted by Crippen LogP contribution is -2.61. The maximum Gasteiger partial charge on any atom is 0.412 e. The van der Waals surface area contributed by atoms with Crippen molar-refractivity contribution in [1.29, 1.82) is 0 Å². The maximum absolute atomic E-state index is 12.1. The van der Waals surface area contributed by atoms with Crippen LogP contribution in [-0.2, 0) is 4.74 Å². The molecule has 0 radical (unpaired) electrons. The van der Waals surface area contributed by atoms with E-state index in [0.29, 0.717) is 22.9 Å². The predicted molar refractivity (Wildman–Crippen MR) is 91.3 cm³/mol. The zero-order valence-electron chi connectivity index (χ0n) is 15.1. The van der Waals surface area contributed by atoms with Gasteiger partial charge in [0.1, 0.15) is 17.0 Å². The summed E-state index contributed by atoms with van der Waals surface area (Å²) in [6.45, 7) is 8.87. The van der Waals surface area contributed by atoms with Crippen molar-refractivity contribution in [3.63, 3.8) is 0 Å². The molecule has 2 N–H and O–H groups in total. The Balaban J connectivity index is 2.30. The summed E-state index contributed by atoms with van der Waals surface area (Å²) >= 11 is 0. The number of hydrogen-bond acceptors (Lipinski definition) is 6. The first-order chi connectivity index (χ1) is 11.2. The topological polar surface area (TPSA) is 78.1 Å². The second-order valence-electron chi connectivity index (χ2n) is 6.99. The molecule has 7 nitrogen and oxygen atoms in total. The van der Waals surface area contributed by atoms with Crippen LogP contribution in [0.25, 0.3) is 0 Å². The zero-order valence-corrected chi connectivity index (χ0v) is 15.1. The molecule has 0 bridgehead atoms. The van der Waals surface area contributed by atoms with Crippen LogP contribution in [0.3, 0.4) is 0 Å². The molecule has 1 aliphatic rings. The Labute approximate surface area is 142 Å². The summed E-state index contributed by atoms with van der Waals surface area (Å²) in [5, 5.41) is 5.89. The average Bonchev–Trinajstić information content (AvgIpc) is 2.44. The van der Waals surface area contributed by atoms with Crippen molar-refractivity contribution in [2.75, 3.05) is 32.6 Å². The summed E-state index contributed by atoms with van der Waals surface area (Å²) in [7, 11) is 3.09. The molecule has 1 fully saturated rings. The van der Waals surface area contributed by atoms with E-state index in [-0.39, 0.29) is 5.60 Å². The van der Waals surface area contributed by atoms with E-state index < -0.39 is 11.7 Å². The van der Waals surface area contributed by atoms with Crippen molar-refractivity contribution < 1.29 is 23.7 Å². The lowest BCUT2D eigenvalue weighted by Gasteiger charge is -2.39. The fourth-order valence-corrected chi connectivity index (χ4v) is 2.27. The summed E-state index contributed by atoms with van der Waals surface area (Å²) < 4.78 is 22.0. The molecular formula is C17H26N2O5. The Morgan fingerprint density at radius 3 is 2.17 bits per heavy atom. The van der Waals surface area contributed by atoms with E-state index in [1.54, 1.807) is 40.0 Å². The third-order valence-corrected chi connectivity index (χ3v) is 3.48. The highest BCUT2D eigenvalue weighted by Gasteiger charge is 2.35. The first-order valence-electron chi connectivity index (χ1n) is 7.81. The number of anilines is 1. The van der Waals surface area contributed by atoms with Crippen molar-refractivity contribution in [2.45, 2.75) is 38.9 Å². The van der Waals surface area contributed by atoms with Gasteiger partial charge in [-0.1, -0.05) is 0 Å². The standard InChI is InChI=1S/C17H26N2O5/c1-16(2,3)24-15(20)19-11-7-13(21-5)14(22-6)8-12(11)23-17(4)9-18-10-17/h7-8,18H,9-10H2,1-6H3,(H,19,20). The van der Waals surface area contributed by atoms with Gasteiger partial charge in [-0.05, 0) is 27.7 Å². The van der Waals surface area contributed by atoms with Crippen LogP contribution in [0.5, 0.6) is 17.2 Å². The maximum atomic E-state index is 12.1. The van der Waals surface area contributed by atoms with Crippen LogP contribution in [0, 0.1) is 0 Å². The van der Waals surface area contributed by atoms with Gasteiger partial charge in [0.2, 0.25) is 0 Å². The van der Waals surface area contributed by atoms with Gasteiger partial charge < -0.3 is 24.3 Å². The fourth-order valence-electron chi connectivity index (χ4n) is 2.27. The molecule has 1 aromatic rings. The van der Waals surface area contributed by atoms with E-state index in [1.165, 1.54) is 7.11 Å². The lowest BCUT2D eigenvalue weighted by atomic mass is 10.00. The van der Waals surface area contributed by atoms with Gasteiger partial charge >= 0.3 is 6.09 Å². The van der Waals surface area contributed by atoms with E-state index in [4.69, 9.17) is 18.9 Å². The highest BCUT2D eigenvalue weighted by atomic mass is 16.6. The summed E-state index contributed by atoms with van der Waals surface area (Å²) in [6, 6.07) is 3.36. The number of methoxy groups -OCH3 is 2. The molecule has 0 atom stereocenters. The minimum absolute atomic E-state index is 0.329. The number of ether oxygens (including phenoxy) is 4. The van der Waals surface area contributed by atoms with E-state index in [1.807, 2.05) is 6.92 Å². The van der Waals surface area contributed by atoms with Gasteiger partial charge in [0.15, 0.2) is 11.5 Å². The first-order valence-corrected chi connectivity index (χ1v) is 7.81. The fraction of sp³-hybridized carbons (Fsp3) is 0.588. The number of amides is 1. The minimum Gasteiger partial charge on any atom is -0.493 e. The molecule has 1 heterocycles. The Hall–Kier alpha value is -2.15. The van der Waals surface area contributed by atoms with Gasteiger partial charge in [-0.15, -0.1) is 0 Å². The zero-order chi connectivity index (χ0) is 18.0.